The molecule has 0 saturated carbocycles. The molecule has 6 heteroatoms. The molecular weight excluding hydrogens is 354 g/mol. The van der Waals surface area contributed by atoms with Gasteiger partial charge in [-0.3, -0.25) is 9.59 Å². The number of piperidine rings is 1. The van der Waals surface area contributed by atoms with Gasteiger partial charge in [0.25, 0.3) is 5.91 Å². The Labute approximate surface area is 166 Å². The number of likely N-dealkylation sites (N-methyl/N-ethyl adjacent to an activating group) is 1. The normalized spacial score (nSPS) is 14.0. The second kappa shape index (κ2) is 8.95. The number of rotatable bonds is 6. The second-order valence-corrected chi connectivity index (χ2v) is 7.47. The van der Waals surface area contributed by atoms with Gasteiger partial charge in [0.2, 0.25) is 5.91 Å². The Hall–Kier alpha value is -2.76. The van der Waals surface area contributed by atoms with E-state index in [1.54, 1.807) is 31.9 Å². The molecule has 1 aliphatic rings. The molecule has 1 aliphatic heterocycles. The molecule has 0 atom stereocenters. The van der Waals surface area contributed by atoms with Gasteiger partial charge in [0.1, 0.15) is 11.5 Å². The summed E-state index contributed by atoms with van der Waals surface area (Å²) >= 11 is 0. The van der Waals surface area contributed by atoms with Gasteiger partial charge in [-0.05, 0) is 56.9 Å². The molecule has 0 spiro atoms. The van der Waals surface area contributed by atoms with Gasteiger partial charge in [0.15, 0.2) is 0 Å². The molecule has 0 unspecified atom stereocenters. The lowest BCUT2D eigenvalue weighted by molar-refractivity contribution is -0.129. The Kier molecular flexibility index (Phi) is 6.39. The van der Waals surface area contributed by atoms with Crippen LogP contribution in [0.2, 0.25) is 0 Å². The zero-order valence-electron chi connectivity index (χ0n) is 17.0. The Morgan fingerprint density at radius 3 is 2.39 bits per heavy atom. The number of benzene rings is 1. The first kappa shape index (κ1) is 20.0. The van der Waals surface area contributed by atoms with Crippen LogP contribution in [0.25, 0.3) is 0 Å². The first-order valence-corrected chi connectivity index (χ1v) is 9.87. The molecule has 1 fully saturated rings. The molecule has 1 aromatic heterocycles. The van der Waals surface area contributed by atoms with E-state index in [2.05, 4.69) is 34.5 Å². The Bertz CT molecular complexity index is 820. The Morgan fingerprint density at radius 1 is 1.11 bits per heavy atom. The maximum atomic E-state index is 12.4. The largest absolute Gasteiger partial charge is 0.466 e. The Morgan fingerprint density at radius 2 is 1.79 bits per heavy atom. The van der Waals surface area contributed by atoms with Gasteiger partial charge in [-0.1, -0.05) is 12.1 Å². The monoisotopic (exact) mass is 383 g/mol. The quantitative estimate of drug-likeness (QED) is 0.831. The summed E-state index contributed by atoms with van der Waals surface area (Å²) in [7, 11) is 1.75. The van der Waals surface area contributed by atoms with Crippen molar-refractivity contribution < 1.29 is 14.0 Å². The van der Waals surface area contributed by atoms with Gasteiger partial charge in [-0.15, -0.1) is 0 Å². The average Bonchev–Trinajstić information content (AvgIpc) is 3.05. The van der Waals surface area contributed by atoms with E-state index >= 15 is 0 Å². The number of hydrogen-bond acceptors (Lipinski definition) is 4. The van der Waals surface area contributed by atoms with Crippen molar-refractivity contribution in [2.24, 2.45) is 0 Å². The zero-order chi connectivity index (χ0) is 20.1. The van der Waals surface area contributed by atoms with Gasteiger partial charge >= 0.3 is 0 Å². The molecule has 2 amide bonds. The standard InChI is InChI=1S/C22H29N3O3/c1-16-13-20(17(2)28-16)22(27)23-14-21(26)24(3)15-18-7-9-19(10-8-18)25-11-5-4-6-12-25/h7-10,13H,4-6,11-12,14-15H2,1-3H3,(H,23,27). The highest BCUT2D eigenvalue weighted by Crippen LogP contribution is 2.20. The van der Waals surface area contributed by atoms with Crippen LogP contribution in [0.5, 0.6) is 0 Å². The summed E-state index contributed by atoms with van der Waals surface area (Å²) in [5.74, 6) is 0.817. The summed E-state index contributed by atoms with van der Waals surface area (Å²) in [5, 5.41) is 2.67. The third-order valence-electron chi connectivity index (χ3n) is 5.19. The van der Waals surface area contributed by atoms with Crippen LogP contribution in [-0.4, -0.2) is 43.4 Å². The van der Waals surface area contributed by atoms with E-state index in [4.69, 9.17) is 4.42 Å². The first-order valence-electron chi connectivity index (χ1n) is 9.87. The van der Waals surface area contributed by atoms with Crippen LogP contribution in [0.4, 0.5) is 5.69 Å². The van der Waals surface area contributed by atoms with E-state index in [9.17, 15) is 9.59 Å². The second-order valence-electron chi connectivity index (χ2n) is 7.47. The molecule has 28 heavy (non-hydrogen) atoms. The van der Waals surface area contributed by atoms with Crippen molar-refractivity contribution in [3.8, 4) is 0 Å². The lowest BCUT2D eigenvalue weighted by Gasteiger charge is -2.29. The topological polar surface area (TPSA) is 65.8 Å². The van der Waals surface area contributed by atoms with Gasteiger partial charge in [0.05, 0.1) is 12.1 Å². The van der Waals surface area contributed by atoms with Gasteiger partial charge in [-0.2, -0.15) is 0 Å². The number of furan rings is 1. The van der Waals surface area contributed by atoms with Crippen LogP contribution in [-0.2, 0) is 11.3 Å². The molecule has 0 aliphatic carbocycles. The molecule has 1 saturated heterocycles. The average molecular weight is 383 g/mol. The molecule has 6 nitrogen and oxygen atoms in total. The van der Waals surface area contributed by atoms with Gasteiger partial charge in [-0.25, -0.2) is 0 Å². The highest BCUT2D eigenvalue weighted by atomic mass is 16.3. The number of amides is 2. The van der Waals surface area contributed by atoms with Crippen molar-refractivity contribution in [1.29, 1.82) is 0 Å². The fraction of sp³-hybridized carbons (Fsp3) is 0.455. The minimum Gasteiger partial charge on any atom is -0.466 e. The third kappa shape index (κ3) is 4.94. The van der Waals surface area contributed by atoms with E-state index in [1.807, 2.05) is 0 Å². The van der Waals surface area contributed by atoms with E-state index in [-0.39, 0.29) is 18.4 Å². The molecule has 1 aromatic carbocycles. The fourth-order valence-corrected chi connectivity index (χ4v) is 3.57. The number of anilines is 1. The molecule has 150 valence electrons. The number of nitrogens with one attached hydrogen (secondary N) is 1. The maximum Gasteiger partial charge on any atom is 0.255 e. The van der Waals surface area contributed by atoms with E-state index in [0.717, 1.165) is 18.7 Å². The van der Waals surface area contributed by atoms with Crippen molar-refractivity contribution in [3.63, 3.8) is 0 Å². The van der Waals surface area contributed by atoms with Gasteiger partial charge in [0, 0.05) is 32.4 Å². The molecule has 1 N–H and O–H groups in total. The summed E-state index contributed by atoms with van der Waals surface area (Å²) in [6, 6.07) is 10.1. The summed E-state index contributed by atoms with van der Waals surface area (Å²) in [4.78, 5) is 28.6. The third-order valence-corrected chi connectivity index (χ3v) is 5.19. The zero-order valence-corrected chi connectivity index (χ0v) is 17.0. The highest BCUT2D eigenvalue weighted by molar-refractivity contribution is 5.97. The van der Waals surface area contributed by atoms with Crippen LogP contribution < -0.4 is 10.2 Å². The van der Waals surface area contributed by atoms with Crippen LogP contribution in [0, 0.1) is 13.8 Å². The van der Waals surface area contributed by atoms with Crippen molar-refractivity contribution in [2.45, 2.75) is 39.7 Å². The van der Waals surface area contributed by atoms with E-state index < -0.39 is 0 Å². The van der Waals surface area contributed by atoms with Crippen molar-refractivity contribution in [3.05, 3.63) is 53.0 Å². The van der Waals surface area contributed by atoms with Crippen LogP contribution in [0.3, 0.4) is 0 Å². The molecular formula is C22H29N3O3. The molecule has 2 aromatic rings. The number of carbonyl (C=O) groups is 2. The number of aryl methyl sites for hydroxylation is 2. The smallest absolute Gasteiger partial charge is 0.255 e. The summed E-state index contributed by atoms with van der Waals surface area (Å²) in [6.45, 7) is 6.24. The molecule has 2 heterocycles. The minimum atomic E-state index is -0.290. The number of carbonyl (C=O) groups excluding carboxylic acids is 2. The van der Waals surface area contributed by atoms with Crippen molar-refractivity contribution >= 4 is 17.5 Å². The van der Waals surface area contributed by atoms with Gasteiger partial charge < -0.3 is 19.5 Å². The SMILES string of the molecule is Cc1cc(C(=O)NCC(=O)N(C)Cc2ccc(N3CCCCC3)cc2)c(C)o1. The number of nitrogens with zero attached hydrogens (tertiary/aromatic N) is 2. The highest BCUT2D eigenvalue weighted by Gasteiger charge is 2.16. The molecule has 0 radical (unpaired) electrons. The first-order chi connectivity index (χ1) is 13.4. The van der Waals surface area contributed by atoms with Crippen molar-refractivity contribution in [1.82, 2.24) is 10.2 Å². The van der Waals surface area contributed by atoms with Crippen LogP contribution in [0.1, 0.15) is 46.7 Å². The fourth-order valence-electron chi connectivity index (χ4n) is 3.57. The lowest BCUT2D eigenvalue weighted by Crippen LogP contribution is -2.37. The lowest BCUT2D eigenvalue weighted by atomic mass is 10.1. The number of hydrogen-bond donors (Lipinski definition) is 1. The van der Waals surface area contributed by atoms with E-state index in [0.29, 0.717) is 23.6 Å². The van der Waals surface area contributed by atoms with Crippen LogP contribution >= 0.6 is 0 Å². The van der Waals surface area contributed by atoms with Crippen molar-refractivity contribution in [2.75, 3.05) is 31.6 Å². The van der Waals surface area contributed by atoms with E-state index in [1.165, 1.54) is 24.9 Å². The Balaban J connectivity index is 1.49. The van der Waals surface area contributed by atoms with Crippen LogP contribution in [0.15, 0.2) is 34.7 Å². The predicted octanol–water partition coefficient (Wildman–Crippen LogP) is 3.28. The summed E-state index contributed by atoms with van der Waals surface area (Å²) in [5.41, 5.74) is 2.79. The molecule has 3 rings (SSSR count). The summed E-state index contributed by atoms with van der Waals surface area (Å²) < 4.78 is 5.36. The molecule has 0 bridgehead atoms. The maximum absolute atomic E-state index is 12.4. The minimum absolute atomic E-state index is 0.0368. The predicted molar refractivity (Wildman–Crippen MR) is 109 cm³/mol. The summed E-state index contributed by atoms with van der Waals surface area (Å²) in [6.07, 6.45) is 3.82.